The lowest BCUT2D eigenvalue weighted by atomic mass is 10.0. The Kier molecular flexibility index (Phi) is 4.52. The number of rotatable bonds is 5. The number of aromatic nitrogens is 2. The minimum absolute atomic E-state index is 0.0964. The topological polar surface area (TPSA) is 47.3 Å². The minimum atomic E-state index is -4.79. The lowest BCUT2D eigenvalue weighted by molar-refractivity contribution is -0.275. The van der Waals surface area contributed by atoms with Crippen LogP contribution in [0, 0.1) is 0 Å². The van der Waals surface area contributed by atoms with E-state index in [1.165, 1.54) is 18.2 Å². The molecule has 0 amide bonds. The second-order valence-corrected chi connectivity index (χ2v) is 4.51. The molecule has 0 saturated heterocycles. The number of para-hydroxylation sites is 1. The Balaban J connectivity index is 2.16. The largest absolute Gasteiger partial charge is 0.573 e. The van der Waals surface area contributed by atoms with Crippen LogP contribution in [0.3, 0.4) is 0 Å². The van der Waals surface area contributed by atoms with Gasteiger partial charge in [0.1, 0.15) is 5.75 Å². The molecule has 0 spiro atoms. The predicted octanol–water partition coefficient (Wildman–Crippen LogP) is 3.08. The maximum Gasteiger partial charge on any atom is 0.573 e. The van der Waals surface area contributed by atoms with Gasteiger partial charge >= 0.3 is 6.36 Å². The molecule has 1 N–H and O–H groups in total. The molecule has 0 saturated carbocycles. The van der Waals surface area contributed by atoms with Gasteiger partial charge in [0.2, 0.25) is 0 Å². The zero-order valence-corrected chi connectivity index (χ0v) is 11.3. The Morgan fingerprint density at radius 3 is 2.67 bits per heavy atom. The normalized spacial score (nSPS) is 13.2. The zero-order valence-electron chi connectivity index (χ0n) is 11.3. The van der Waals surface area contributed by atoms with Crippen LogP contribution in [0.2, 0.25) is 0 Å². The number of aliphatic hydroxyl groups excluding tert-OH is 1. The van der Waals surface area contributed by atoms with Crippen LogP contribution >= 0.6 is 0 Å². The number of benzene rings is 1. The van der Waals surface area contributed by atoms with E-state index in [0.717, 1.165) is 5.56 Å². The van der Waals surface area contributed by atoms with E-state index in [2.05, 4.69) is 9.84 Å². The highest BCUT2D eigenvalue weighted by Crippen LogP contribution is 2.31. The standard InChI is InChI=1S/C14H15F3N2O2/c1-2-19-9-10(8-18-19)7-12(20)11-5-3-4-6-13(11)21-14(15,16)17/h3-6,8-9,12,20H,2,7H2,1H3. The first-order valence-corrected chi connectivity index (χ1v) is 6.43. The Morgan fingerprint density at radius 1 is 1.33 bits per heavy atom. The molecular weight excluding hydrogens is 285 g/mol. The van der Waals surface area contributed by atoms with E-state index in [1.807, 2.05) is 6.92 Å². The van der Waals surface area contributed by atoms with E-state index in [0.29, 0.717) is 6.54 Å². The second kappa shape index (κ2) is 6.17. The number of hydrogen-bond donors (Lipinski definition) is 1. The molecule has 0 aliphatic heterocycles. The number of hydrogen-bond acceptors (Lipinski definition) is 3. The first-order chi connectivity index (χ1) is 9.89. The fourth-order valence-corrected chi connectivity index (χ4v) is 1.99. The molecule has 2 rings (SSSR count). The van der Waals surface area contributed by atoms with Crippen molar-refractivity contribution >= 4 is 0 Å². The molecule has 0 aliphatic carbocycles. The smallest absolute Gasteiger partial charge is 0.405 e. The average Bonchev–Trinajstić information content (AvgIpc) is 2.85. The molecule has 1 aromatic heterocycles. The summed E-state index contributed by atoms with van der Waals surface area (Å²) in [4.78, 5) is 0. The molecule has 0 aliphatic rings. The lowest BCUT2D eigenvalue weighted by Gasteiger charge is -2.16. The van der Waals surface area contributed by atoms with Crippen molar-refractivity contribution in [1.82, 2.24) is 9.78 Å². The number of alkyl halides is 3. The molecule has 0 fully saturated rings. The maximum atomic E-state index is 12.3. The Hall–Kier alpha value is -2.02. The summed E-state index contributed by atoms with van der Waals surface area (Å²) in [7, 11) is 0. The quantitative estimate of drug-likeness (QED) is 0.923. The molecule has 0 radical (unpaired) electrons. The molecule has 0 bridgehead atoms. The van der Waals surface area contributed by atoms with Crippen LogP contribution in [0.1, 0.15) is 24.2 Å². The summed E-state index contributed by atoms with van der Waals surface area (Å²) in [6, 6.07) is 5.57. The van der Waals surface area contributed by atoms with Gasteiger partial charge < -0.3 is 9.84 Å². The molecule has 21 heavy (non-hydrogen) atoms. The molecule has 7 heteroatoms. The average molecular weight is 300 g/mol. The van der Waals surface area contributed by atoms with Crippen molar-refractivity contribution in [1.29, 1.82) is 0 Å². The van der Waals surface area contributed by atoms with Crippen LogP contribution in [0.4, 0.5) is 13.2 Å². The summed E-state index contributed by atoms with van der Waals surface area (Å²) in [5.41, 5.74) is 0.838. The predicted molar refractivity (Wildman–Crippen MR) is 69.7 cm³/mol. The number of aliphatic hydroxyl groups is 1. The number of halogens is 3. The van der Waals surface area contributed by atoms with Gasteiger partial charge in [-0.3, -0.25) is 4.68 Å². The van der Waals surface area contributed by atoms with Crippen molar-refractivity contribution in [3.8, 4) is 5.75 Å². The van der Waals surface area contributed by atoms with E-state index >= 15 is 0 Å². The molecule has 1 unspecified atom stereocenters. The SMILES string of the molecule is CCn1cc(CC(O)c2ccccc2OC(F)(F)F)cn1. The van der Waals surface area contributed by atoms with Gasteiger partial charge in [0, 0.05) is 24.7 Å². The molecule has 1 atom stereocenters. The number of ether oxygens (including phenoxy) is 1. The Morgan fingerprint density at radius 2 is 2.05 bits per heavy atom. The molecule has 1 heterocycles. The van der Waals surface area contributed by atoms with Gasteiger partial charge in [-0.25, -0.2) is 0 Å². The van der Waals surface area contributed by atoms with Gasteiger partial charge in [0.25, 0.3) is 0 Å². The van der Waals surface area contributed by atoms with Gasteiger partial charge in [-0.1, -0.05) is 18.2 Å². The highest BCUT2D eigenvalue weighted by atomic mass is 19.4. The van der Waals surface area contributed by atoms with Crippen LogP contribution in [0.15, 0.2) is 36.7 Å². The highest BCUT2D eigenvalue weighted by molar-refractivity contribution is 5.36. The summed E-state index contributed by atoms with van der Waals surface area (Å²) < 4.78 is 42.6. The van der Waals surface area contributed by atoms with Crippen LogP contribution in [-0.2, 0) is 13.0 Å². The molecule has 114 valence electrons. The fourth-order valence-electron chi connectivity index (χ4n) is 1.99. The van der Waals surface area contributed by atoms with Gasteiger partial charge in [0.05, 0.1) is 12.3 Å². The first kappa shape index (κ1) is 15.4. The third-order valence-corrected chi connectivity index (χ3v) is 2.94. The Bertz CT molecular complexity index is 596. The number of aryl methyl sites for hydroxylation is 1. The van der Waals surface area contributed by atoms with Gasteiger partial charge in [-0.05, 0) is 18.6 Å². The van der Waals surface area contributed by atoms with Crippen molar-refractivity contribution in [3.05, 3.63) is 47.8 Å². The minimum Gasteiger partial charge on any atom is -0.405 e. The van der Waals surface area contributed by atoms with Gasteiger partial charge in [0.15, 0.2) is 0 Å². The van der Waals surface area contributed by atoms with Crippen LogP contribution < -0.4 is 4.74 Å². The monoisotopic (exact) mass is 300 g/mol. The van der Waals surface area contributed by atoms with Crippen molar-refractivity contribution in [2.75, 3.05) is 0 Å². The third-order valence-electron chi connectivity index (χ3n) is 2.94. The van der Waals surface area contributed by atoms with Crippen LogP contribution in [-0.4, -0.2) is 21.2 Å². The van der Waals surface area contributed by atoms with Gasteiger partial charge in [-0.2, -0.15) is 5.10 Å². The first-order valence-electron chi connectivity index (χ1n) is 6.43. The van der Waals surface area contributed by atoms with Crippen molar-refractivity contribution < 1.29 is 23.0 Å². The lowest BCUT2D eigenvalue weighted by Crippen LogP contribution is -2.19. The van der Waals surface area contributed by atoms with E-state index < -0.39 is 12.5 Å². The Labute approximate surface area is 119 Å². The van der Waals surface area contributed by atoms with Gasteiger partial charge in [-0.15, -0.1) is 13.2 Å². The summed E-state index contributed by atoms with van der Waals surface area (Å²) >= 11 is 0. The van der Waals surface area contributed by atoms with E-state index in [4.69, 9.17) is 0 Å². The van der Waals surface area contributed by atoms with E-state index in [-0.39, 0.29) is 17.7 Å². The summed E-state index contributed by atoms with van der Waals surface area (Å²) in [5, 5.41) is 14.2. The van der Waals surface area contributed by atoms with Crippen molar-refractivity contribution in [3.63, 3.8) is 0 Å². The van der Waals surface area contributed by atoms with Crippen molar-refractivity contribution in [2.45, 2.75) is 32.4 Å². The highest BCUT2D eigenvalue weighted by Gasteiger charge is 2.32. The molecule has 1 aromatic carbocycles. The van der Waals surface area contributed by atoms with E-state index in [1.54, 1.807) is 23.1 Å². The van der Waals surface area contributed by atoms with Crippen molar-refractivity contribution in [2.24, 2.45) is 0 Å². The summed E-state index contributed by atoms with van der Waals surface area (Å²) in [6.45, 7) is 2.60. The van der Waals surface area contributed by atoms with Crippen LogP contribution in [0.5, 0.6) is 5.75 Å². The molecular formula is C14H15F3N2O2. The maximum absolute atomic E-state index is 12.3. The number of nitrogens with zero attached hydrogens (tertiary/aromatic N) is 2. The molecule has 4 nitrogen and oxygen atoms in total. The summed E-state index contributed by atoms with van der Waals surface area (Å²) in [5.74, 6) is -0.389. The fraction of sp³-hybridized carbons (Fsp3) is 0.357. The van der Waals surface area contributed by atoms with E-state index in [9.17, 15) is 18.3 Å². The molecule has 2 aromatic rings. The summed E-state index contributed by atoms with van der Waals surface area (Å²) in [6.07, 6.45) is -2.39. The second-order valence-electron chi connectivity index (χ2n) is 4.51. The zero-order chi connectivity index (χ0) is 15.5. The van der Waals surface area contributed by atoms with Crippen LogP contribution in [0.25, 0.3) is 0 Å². The third kappa shape index (κ3) is 4.22.